The molecule has 2 aromatic heterocycles. The SMILES string of the molecule is CCOC(=O)c1cnn(-c2ccc3ccccc3n2)c1-c1ccccc1. The van der Waals surface area contributed by atoms with Crippen LogP contribution in [-0.2, 0) is 4.74 Å². The third kappa shape index (κ3) is 2.84. The van der Waals surface area contributed by atoms with Gasteiger partial charge in [0.2, 0.25) is 0 Å². The molecule has 4 aromatic rings. The number of ether oxygens (including phenoxy) is 1. The highest BCUT2D eigenvalue weighted by atomic mass is 16.5. The van der Waals surface area contributed by atoms with Gasteiger partial charge in [-0.05, 0) is 25.1 Å². The first-order chi connectivity index (χ1) is 12.8. The second-order valence-corrected chi connectivity index (χ2v) is 5.77. The third-order valence-corrected chi connectivity index (χ3v) is 4.11. The first-order valence-electron chi connectivity index (χ1n) is 8.44. The Morgan fingerprint density at radius 3 is 2.58 bits per heavy atom. The summed E-state index contributed by atoms with van der Waals surface area (Å²) >= 11 is 0. The maximum absolute atomic E-state index is 12.4. The summed E-state index contributed by atoms with van der Waals surface area (Å²) in [5, 5.41) is 5.48. The molecule has 0 saturated heterocycles. The number of hydrogen-bond acceptors (Lipinski definition) is 4. The Bertz CT molecular complexity index is 1070. The highest BCUT2D eigenvalue weighted by molar-refractivity contribution is 5.96. The summed E-state index contributed by atoms with van der Waals surface area (Å²) in [5.74, 6) is 0.261. The Kier molecular flexibility index (Phi) is 4.19. The summed E-state index contributed by atoms with van der Waals surface area (Å²) in [6, 6.07) is 21.5. The lowest BCUT2D eigenvalue weighted by atomic mass is 10.1. The molecule has 0 spiro atoms. The average Bonchev–Trinajstić information content (AvgIpc) is 3.14. The van der Waals surface area contributed by atoms with Crippen molar-refractivity contribution in [2.45, 2.75) is 6.92 Å². The van der Waals surface area contributed by atoms with Gasteiger partial charge in [0.1, 0.15) is 5.56 Å². The first-order valence-corrected chi connectivity index (χ1v) is 8.44. The molecule has 2 aromatic carbocycles. The summed E-state index contributed by atoms with van der Waals surface area (Å²) in [6.45, 7) is 2.10. The normalized spacial score (nSPS) is 10.8. The van der Waals surface area contributed by atoms with Gasteiger partial charge in [0, 0.05) is 10.9 Å². The van der Waals surface area contributed by atoms with Crippen molar-refractivity contribution in [1.82, 2.24) is 14.8 Å². The summed E-state index contributed by atoms with van der Waals surface area (Å²) < 4.78 is 6.89. The molecule has 0 atom stereocenters. The quantitative estimate of drug-likeness (QED) is 0.519. The van der Waals surface area contributed by atoms with Crippen molar-refractivity contribution in [3.05, 3.63) is 78.5 Å². The number of nitrogens with zero attached hydrogens (tertiary/aromatic N) is 3. The van der Waals surface area contributed by atoms with E-state index in [2.05, 4.69) is 5.10 Å². The highest BCUT2D eigenvalue weighted by Gasteiger charge is 2.21. The number of para-hydroxylation sites is 1. The van der Waals surface area contributed by atoms with Crippen LogP contribution in [0.5, 0.6) is 0 Å². The minimum absolute atomic E-state index is 0.312. The molecule has 0 aliphatic rings. The number of aromatic nitrogens is 3. The monoisotopic (exact) mass is 343 g/mol. The first kappa shape index (κ1) is 16.0. The topological polar surface area (TPSA) is 57.0 Å². The zero-order valence-electron chi connectivity index (χ0n) is 14.3. The average molecular weight is 343 g/mol. The molecule has 0 fully saturated rings. The molecule has 4 rings (SSSR count). The van der Waals surface area contributed by atoms with E-state index in [1.807, 2.05) is 66.7 Å². The van der Waals surface area contributed by atoms with Crippen LogP contribution in [0, 0.1) is 0 Å². The molecule has 0 aliphatic carbocycles. The van der Waals surface area contributed by atoms with Gasteiger partial charge in [0.25, 0.3) is 0 Å². The number of benzene rings is 2. The van der Waals surface area contributed by atoms with Gasteiger partial charge < -0.3 is 4.74 Å². The molecule has 0 amide bonds. The zero-order chi connectivity index (χ0) is 17.9. The molecule has 0 unspecified atom stereocenters. The van der Waals surface area contributed by atoms with Gasteiger partial charge in [-0.15, -0.1) is 0 Å². The summed E-state index contributed by atoms with van der Waals surface area (Å²) in [5.41, 5.74) is 2.85. The maximum atomic E-state index is 12.4. The minimum atomic E-state index is -0.390. The molecule has 128 valence electrons. The second kappa shape index (κ2) is 6.80. The minimum Gasteiger partial charge on any atom is -0.462 e. The molecule has 0 N–H and O–H groups in total. The van der Waals surface area contributed by atoms with Crippen molar-refractivity contribution in [1.29, 1.82) is 0 Å². The van der Waals surface area contributed by atoms with E-state index < -0.39 is 5.97 Å². The van der Waals surface area contributed by atoms with E-state index in [9.17, 15) is 4.79 Å². The number of esters is 1. The van der Waals surface area contributed by atoms with Gasteiger partial charge >= 0.3 is 5.97 Å². The van der Waals surface area contributed by atoms with E-state index in [-0.39, 0.29) is 0 Å². The summed E-state index contributed by atoms with van der Waals surface area (Å²) in [7, 11) is 0. The van der Waals surface area contributed by atoms with Crippen LogP contribution in [0.2, 0.25) is 0 Å². The van der Waals surface area contributed by atoms with Crippen molar-refractivity contribution in [2.24, 2.45) is 0 Å². The predicted molar refractivity (Wildman–Crippen MR) is 100 cm³/mol. The summed E-state index contributed by atoms with van der Waals surface area (Å²) in [6.07, 6.45) is 1.54. The van der Waals surface area contributed by atoms with E-state index in [4.69, 9.17) is 9.72 Å². The van der Waals surface area contributed by atoms with E-state index in [0.29, 0.717) is 23.7 Å². The molecular formula is C21H17N3O2. The molecule has 2 heterocycles. The lowest BCUT2D eigenvalue weighted by molar-refractivity contribution is 0.0527. The Labute approximate surface area is 150 Å². The lowest BCUT2D eigenvalue weighted by Gasteiger charge is -2.10. The highest BCUT2D eigenvalue weighted by Crippen LogP contribution is 2.27. The van der Waals surface area contributed by atoms with Gasteiger partial charge in [-0.25, -0.2) is 14.5 Å². The number of carbonyl (C=O) groups excluding carboxylic acids is 1. The molecule has 0 radical (unpaired) electrons. The molecular weight excluding hydrogens is 326 g/mol. The van der Waals surface area contributed by atoms with Crippen molar-refractivity contribution < 1.29 is 9.53 Å². The van der Waals surface area contributed by atoms with Crippen molar-refractivity contribution in [3.63, 3.8) is 0 Å². The van der Waals surface area contributed by atoms with Gasteiger partial charge in [-0.2, -0.15) is 5.10 Å². The fourth-order valence-electron chi connectivity index (χ4n) is 2.93. The van der Waals surface area contributed by atoms with Crippen LogP contribution in [0.25, 0.3) is 28.0 Å². The Morgan fingerprint density at radius 1 is 1.00 bits per heavy atom. The number of carbonyl (C=O) groups is 1. The van der Waals surface area contributed by atoms with Crippen LogP contribution in [0.4, 0.5) is 0 Å². The van der Waals surface area contributed by atoms with E-state index in [0.717, 1.165) is 16.5 Å². The van der Waals surface area contributed by atoms with Crippen molar-refractivity contribution in [3.8, 4) is 17.1 Å². The van der Waals surface area contributed by atoms with Crippen LogP contribution in [0.15, 0.2) is 72.9 Å². The fraction of sp³-hybridized carbons (Fsp3) is 0.0952. The number of fused-ring (bicyclic) bond motifs is 1. The predicted octanol–water partition coefficient (Wildman–Crippen LogP) is 4.26. The van der Waals surface area contributed by atoms with E-state index in [1.165, 1.54) is 6.20 Å². The van der Waals surface area contributed by atoms with Gasteiger partial charge in [0.15, 0.2) is 5.82 Å². The molecule has 5 heteroatoms. The molecule has 0 bridgehead atoms. The number of hydrogen-bond donors (Lipinski definition) is 0. The Balaban J connectivity index is 1.91. The van der Waals surface area contributed by atoms with Gasteiger partial charge in [-0.3, -0.25) is 0 Å². The zero-order valence-corrected chi connectivity index (χ0v) is 14.3. The van der Waals surface area contributed by atoms with Gasteiger partial charge in [-0.1, -0.05) is 48.5 Å². The maximum Gasteiger partial charge on any atom is 0.342 e. The fourth-order valence-corrected chi connectivity index (χ4v) is 2.93. The molecule has 5 nitrogen and oxygen atoms in total. The number of pyridine rings is 1. The standard InChI is InChI=1S/C21H17N3O2/c1-2-26-21(25)17-14-22-24(20(17)16-9-4-3-5-10-16)19-13-12-15-8-6-7-11-18(15)23-19/h3-14H,2H2,1H3. The Hall–Kier alpha value is -3.47. The third-order valence-electron chi connectivity index (χ3n) is 4.11. The largest absolute Gasteiger partial charge is 0.462 e. The van der Waals surface area contributed by atoms with Gasteiger partial charge in [0.05, 0.1) is 24.0 Å². The second-order valence-electron chi connectivity index (χ2n) is 5.77. The smallest absolute Gasteiger partial charge is 0.342 e. The lowest BCUT2D eigenvalue weighted by Crippen LogP contribution is -2.07. The molecule has 0 aliphatic heterocycles. The molecule has 26 heavy (non-hydrogen) atoms. The van der Waals surface area contributed by atoms with E-state index in [1.54, 1.807) is 11.6 Å². The van der Waals surface area contributed by atoms with Crippen LogP contribution < -0.4 is 0 Å². The Morgan fingerprint density at radius 2 is 1.77 bits per heavy atom. The van der Waals surface area contributed by atoms with Crippen molar-refractivity contribution in [2.75, 3.05) is 6.61 Å². The van der Waals surface area contributed by atoms with Crippen LogP contribution in [0.1, 0.15) is 17.3 Å². The van der Waals surface area contributed by atoms with Crippen LogP contribution in [0.3, 0.4) is 0 Å². The van der Waals surface area contributed by atoms with Crippen molar-refractivity contribution >= 4 is 16.9 Å². The summed E-state index contributed by atoms with van der Waals surface area (Å²) in [4.78, 5) is 17.1. The van der Waals surface area contributed by atoms with E-state index >= 15 is 0 Å². The number of rotatable bonds is 4. The molecule has 0 saturated carbocycles. The van der Waals surface area contributed by atoms with Crippen LogP contribution >= 0.6 is 0 Å². The van der Waals surface area contributed by atoms with Crippen LogP contribution in [-0.4, -0.2) is 27.3 Å².